The molecule has 0 saturated carbocycles. The minimum atomic E-state index is -4.63. The number of unbranched alkanes of at least 4 members (excludes halogenated alkanes) is 24. The number of ether oxygens (including phenoxy) is 2. The lowest BCUT2D eigenvalue weighted by molar-refractivity contribution is -0.154. The Labute approximate surface area is 385 Å². The van der Waals surface area contributed by atoms with Gasteiger partial charge in [-0.2, -0.15) is 0 Å². The number of carbonyl (C=O) groups is 2. The standard InChI is InChI=1S/C52H94NO9P/c1-3-5-7-9-11-13-15-17-19-21-22-23-24-25-26-27-29-31-33-35-37-39-41-43-45-59-46-49(47-60-63(57,58)61-48-50(53)52(55)56)62-51(54)44-42-40-38-36-34-32-30-28-20-18-16-14-12-10-8-6-4-2/h6,8,12,14-15,17-18,20-22,49-50H,3-5,7,9-11,13,16,19,23-48,53H2,1-2H3,(H,55,56)(H,57,58)/b8-6-,14-12-,17-15-,20-18-,22-21-. The van der Waals surface area contributed by atoms with Gasteiger partial charge in [0.05, 0.1) is 19.8 Å². The van der Waals surface area contributed by atoms with E-state index in [9.17, 15) is 19.0 Å². The summed E-state index contributed by atoms with van der Waals surface area (Å²) in [6.45, 7) is 3.76. The molecule has 3 unspecified atom stereocenters. The zero-order valence-corrected chi connectivity index (χ0v) is 41.1. The molecule has 0 spiro atoms. The number of nitrogens with two attached hydrogens (primary N) is 1. The molecule has 366 valence electrons. The van der Waals surface area contributed by atoms with Crippen molar-refractivity contribution in [3.8, 4) is 0 Å². The summed E-state index contributed by atoms with van der Waals surface area (Å²) in [5.41, 5.74) is 5.37. The Morgan fingerprint density at radius 3 is 1.38 bits per heavy atom. The fraction of sp³-hybridized carbons (Fsp3) is 0.769. The highest BCUT2D eigenvalue weighted by Gasteiger charge is 2.27. The van der Waals surface area contributed by atoms with E-state index in [1.807, 2.05) is 0 Å². The summed E-state index contributed by atoms with van der Waals surface area (Å²) in [7, 11) is -4.63. The van der Waals surface area contributed by atoms with Gasteiger partial charge in [0.15, 0.2) is 0 Å². The Hall–Kier alpha value is -2.33. The number of esters is 1. The van der Waals surface area contributed by atoms with Crippen LogP contribution in [0.15, 0.2) is 60.8 Å². The van der Waals surface area contributed by atoms with Crippen molar-refractivity contribution in [1.82, 2.24) is 0 Å². The molecule has 0 rings (SSSR count). The van der Waals surface area contributed by atoms with Crippen LogP contribution in [-0.4, -0.2) is 60.5 Å². The van der Waals surface area contributed by atoms with Crippen LogP contribution < -0.4 is 5.73 Å². The van der Waals surface area contributed by atoms with Gasteiger partial charge in [0.25, 0.3) is 0 Å². The third kappa shape index (κ3) is 47.5. The molecule has 0 saturated heterocycles. The number of hydrogen-bond acceptors (Lipinski definition) is 8. The van der Waals surface area contributed by atoms with Gasteiger partial charge in [-0.05, 0) is 77.0 Å². The summed E-state index contributed by atoms with van der Waals surface area (Å²) >= 11 is 0. The molecule has 0 aromatic rings. The fourth-order valence-electron chi connectivity index (χ4n) is 6.88. The first-order valence-corrected chi connectivity index (χ1v) is 26.8. The Kier molecular flexibility index (Phi) is 45.9. The summed E-state index contributed by atoms with van der Waals surface area (Å²) in [6.07, 6.45) is 58.5. The average molecular weight is 908 g/mol. The van der Waals surface area contributed by atoms with Crippen LogP contribution in [0, 0.1) is 0 Å². The van der Waals surface area contributed by atoms with Crippen LogP contribution in [-0.2, 0) is 32.7 Å². The maximum atomic E-state index is 12.7. The number of carbonyl (C=O) groups excluding carboxylic acids is 1. The number of carboxylic acid groups (broad SMARTS) is 1. The minimum absolute atomic E-state index is 0.0105. The van der Waals surface area contributed by atoms with Gasteiger partial charge < -0.3 is 25.2 Å². The van der Waals surface area contributed by atoms with Gasteiger partial charge in [-0.1, -0.05) is 197 Å². The fourth-order valence-corrected chi connectivity index (χ4v) is 7.66. The molecule has 0 aliphatic carbocycles. The molecular formula is C52H94NO9P. The van der Waals surface area contributed by atoms with Gasteiger partial charge in [-0.15, -0.1) is 0 Å². The van der Waals surface area contributed by atoms with Crippen LogP contribution in [0.4, 0.5) is 0 Å². The van der Waals surface area contributed by atoms with Gasteiger partial charge >= 0.3 is 19.8 Å². The van der Waals surface area contributed by atoms with E-state index in [-0.39, 0.29) is 13.0 Å². The lowest BCUT2D eigenvalue weighted by Gasteiger charge is -2.20. The second kappa shape index (κ2) is 47.6. The molecule has 0 fully saturated rings. The number of hydrogen-bond donors (Lipinski definition) is 3. The van der Waals surface area contributed by atoms with E-state index < -0.39 is 45.1 Å². The molecule has 0 radical (unpaired) electrons. The van der Waals surface area contributed by atoms with E-state index in [0.717, 1.165) is 70.6 Å². The van der Waals surface area contributed by atoms with E-state index in [0.29, 0.717) is 13.0 Å². The van der Waals surface area contributed by atoms with Crippen LogP contribution in [0.5, 0.6) is 0 Å². The molecule has 63 heavy (non-hydrogen) atoms. The van der Waals surface area contributed by atoms with Crippen molar-refractivity contribution in [3.63, 3.8) is 0 Å². The lowest BCUT2D eigenvalue weighted by Crippen LogP contribution is -2.34. The van der Waals surface area contributed by atoms with Crippen molar-refractivity contribution in [2.45, 2.75) is 231 Å². The zero-order chi connectivity index (χ0) is 46.2. The maximum Gasteiger partial charge on any atom is 0.472 e. The van der Waals surface area contributed by atoms with E-state index in [1.54, 1.807) is 0 Å². The Morgan fingerprint density at radius 1 is 0.524 bits per heavy atom. The van der Waals surface area contributed by atoms with Gasteiger partial charge in [-0.25, -0.2) is 4.57 Å². The predicted octanol–water partition coefficient (Wildman–Crippen LogP) is 14.8. The SMILES string of the molecule is CC/C=C\C/C=C\C/C=C\CCCCCCCCCC(=O)OC(COCCCCCCCCCCCCCC/C=C\C/C=C\CCCCCCC)COP(=O)(O)OCC(N)C(=O)O. The highest BCUT2D eigenvalue weighted by molar-refractivity contribution is 7.47. The van der Waals surface area contributed by atoms with Gasteiger partial charge in [0, 0.05) is 13.0 Å². The summed E-state index contributed by atoms with van der Waals surface area (Å²) in [5, 5.41) is 8.93. The summed E-state index contributed by atoms with van der Waals surface area (Å²) in [4.78, 5) is 33.7. The topological polar surface area (TPSA) is 155 Å². The molecule has 0 heterocycles. The van der Waals surface area contributed by atoms with Crippen molar-refractivity contribution >= 4 is 19.8 Å². The molecule has 4 N–H and O–H groups in total. The molecule has 0 aliphatic heterocycles. The molecule has 0 aromatic heterocycles. The molecule has 0 bridgehead atoms. The molecule has 0 aromatic carbocycles. The van der Waals surface area contributed by atoms with Gasteiger partial charge in [0.2, 0.25) is 0 Å². The third-order valence-electron chi connectivity index (χ3n) is 10.8. The summed E-state index contributed by atoms with van der Waals surface area (Å²) < 4.78 is 33.5. The van der Waals surface area contributed by atoms with E-state index in [1.165, 1.54) is 122 Å². The molecule has 0 amide bonds. The Balaban J connectivity index is 4.13. The summed E-state index contributed by atoms with van der Waals surface area (Å²) in [5.74, 6) is -1.79. The second-order valence-electron chi connectivity index (χ2n) is 16.9. The smallest absolute Gasteiger partial charge is 0.472 e. The van der Waals surface area contributed by atoms with Crippen LogP contribution >= 0.6 is 7.82 Å². The molecule has 10 nitrogen and oxygen atoms in total. The van der Waals surface area contributed by atoms with Crippen molar-refractivity contribution in [2.24, 2.45) is 5.73 Å². The monoisotopic (exact) mass is 908 g/mol. The third-order valence-corrected chi connectivity index (χ3v) is 11.7. The highest BCUT2D eigenvalue weighted by atomic mass is 31.2. The molecule has 11 heteroatoms. The van der Waals surface area contributed by atoms with Gasteiger partial charge in [0.1, 0.15) is 12.1 Å². The van der Waals surface area contributed by atoms with Crippen molar-refractivity contribution in [3.05, 3.63) is 60.8 Å². The van der Waals surface area contributed by atoms with Crippen molar-refractivity contribution in [1.29, 1.82) is 0 Å². The van der Waals surface area contributed by atoms with E-state index in [2.05, 4.69) is 74.6 Å². The van der Waals surface area contributed by atoms with Crippen molar-refractivity contribution in [2.75, 3.05) is 26.4 Å². The molecule has 3 atom stereocenters. The average Bonchev–Trinajstić information content (AvgIpc) is 3.26. The number of carboxylic acids is 1. The quantitative estimate of drug-likeness (QED) is 0.0233. The van der Waals surface area contributed by atoms with Crippen molar-refractivity contribution < 1.29 is 42.7 Å². The number of phosphoric acid groups is 1. The Bertz CT molecular complexity index is 1230. The Morgan fingerprint density at radius 2 is 0.921 bits per heavy atom. The largest absolute Gasteiger partial charge is 0.480 e. The zero-order valence-electron chi connectivity index (χ0n) is 40.2. The number of phosphoric ester groups is 1. The van der Waals surface area contributed by atoms with Crippen LogP contribution in [0.3, 0.4) is 0 Å². The van der Waals surface area contributed by atoms with E-state index in [4.69, 9.17) is 29.4 Å². The predicted molar refractivity (Wildman–Crippen MR) is 263 cm³/mol. The second-order valence-corrected chi connectivity index (χ2v) is 18.4. The number of aliphatic carboxylic acids is 1. The first-order valence-electron chi connectivity index (χ1n) is 25.3. The molecule has 0 aliphatic rings. The first-order chi connectivity index (χ1) is 30.7. The maximum absolute atomic E-state index is 12.7. The first kappa shape index (κ1) is 60.7. The van der Waals surface area contributed by atoms with E-state index >= 15 is 0 Å². The minimum Gasteiger partial charge on any atom is -0.480 e. The normalized spacial score (nSPS) is 14.2. The number of allylic oxidation sites excluding steroid dienone is 10. The van der Waals surface area contributed by atoms with Crippen LogP contribution in [0.1, 0.15) is 219 Å². The number of rotatable bonds is 48. The highest BCUT2D eigenvalue weighted by Crippen LogP contribution is 2.43. The van der Waals surface area contributed by atoms with Crippen LogP contribution in [0.25, 0.3) is 0 Å². The van der Waals surface area contributed by atoms with Gasteiger partial charge in [-0.3, -0.25) is 18.6 Å². The molecular weight excluding hydrogens is 814 g/mol. The van der Waals surface area contributed by atoms with Crippen LogP contribution in [0.2, 0.25) is 0 Å². The lowest BCUT2D eigenvalue weighted by atomic mass is 10.0. The summed E-state index contributed by atoms with van der Waals surface area (Å²) in [6, 6.07) is -1.48.